The highest BCUT2D eigenvalue weighted by Gasteiger charge is 2.44. The molecule has 4 rings (SSSR count). The normalized spacial score (nSPS) is 20.1. The van der Waals surface area contributed by atoms with E-state index in [1.165, 1.54) is 11.3 Å². The fraction of sp³-hybridized carbons (Fsp3) is 0.364. The van der Waals surface area contributed by atoms with Crippen molar-refractivity contribution in [3.63, 3.8) is 0 Å². The molecule has 1 aromatic carbocycles. The Bertz CT molecular complexity index is 950. The highest BCUT2D eigenvalue weighted by atomic mass is 32.1. The smallest absolute Gasteiger partial charge is 0.290 e. The lowest BCUT2D eigenvalue weighted by molar-refractivity contribution is -0.129. The molecule has 30 heavy (non-hydrogen) atoms. The zero-order valence-corrected chi connectivity index (χ0v) is 17.6. The van der Waals surface area contributed by atoms with E-state index in [0.29, 0.717) is 36.9 Å². The predicted molar refractivity (Wildman–Crippen MR) is 113 cm³/mol. The fourth-order valence-electron chi connectivity index (χ4n) is 3.89. The number of benzene rings is 1. The first-order valence-electron chi connectivity index (χ1n) is 9.86. The molecule has 0 spiro atoms. The highest BCUT2D eigenvalue weighted by molar-refractivity contribution is 7.12. The van der Waals surface area contributed by atoms with E-state index in [9.17, 15) is 14.7 Å². The van der Waals surface area contributed by atoms with Gasteiger partial charge in [0.05, 0.1) is 36.8 Å². The van der Waals surface area contributed by atoms with Gasteiger partial charge in [-0.3, -0.25) is 14.5 Å². The third-order valence-corrected chi connectivity index (χ3v) is 6.33. The third-order valence-electron chi connectivity index (χ3n) is 5.46. The van der Waals surface area contributed by atoms with Crippen LogP contribution in [0.25, 0.3) is 0 Å². The molecule has 1 fully saturated rings. The molecule has 1 aromatic heterocycles. The minimum Gasteiger partial charge on any atom is -0.503 e. The fourth-order valence-corrected chi connectivity index (χ4v) is 4.57. The van der Waals surface area contributed by atoms with E-state index < -0.39 is 17.7 Å². The number of aliphatic hydroxyl groups is 1. The van der Waals surface area contributed by atoms with Crippen LogP contribution in [0.3, 0.4) is 0 Å². The lowest BCUT2D eigenvalue weighted by Crippen LogP contribution is -2.43. The summed E-state index contributed by atoms with van der Waals surface area (Å²) in [5.74, 6) is -0.681. The summed E-state index contributed by atoms with van der Waals surface area (Å²) in [6.45, 7) is 3.96. The van der Waals surface area contributed by atoms with Gasteiger partial charge in [0.25, 0.3) is 5.91 Å². The number of rotatable bonds is 7. The molecule has 0 bridgehead atoms. The van der Waals surface area contributed by atoms with Crippen molar-refractivity contribution in [2.24, 2.45) is 0 Å². The summed E-state index contributed by atoms with van der Waals surface area (Å²) in [5.41, 5.74) is 0.853. The topological polar surface area (TPSA) is 79.3 Å². The number of morpholine rings is 1. The maximum atomic E-state index is 13.2. The van der Waals surface area contributed by atoms with Crippen LogP contribution in [-0.4, -0.2) is 73.1 Å². The van der Waals surface area contributed by atoms with E-state index in [-0.39, 0.29) is 11.4 Å². The van der Waals surface area contributed by atoms with Crippen molar-refractivity contribution in [3.05, 3.63) is 63.6 Å². The molecule has 3 heterocycles. The standard InChI is InChI=1S/C22H24N2O5S/c1-28-16-5-2-4-15(14-16)19-18(20(25)17-6-3-13-30-17)21(26)22(27)24(19)8-7-23-9-11-29-12-10-23/h2-6,13-14,19,26H,7-12H2,1H3/t19-/m1/s1. The Kier molecular flexibility index (Phi) is 6.17. The third kappa shape index (κ3) is 3.98. The van der Waals surface area contributed by atoms with Gasteiger partial charge in [-0.1, -0.05) is 18.2 Å². The molecule has 158 valence electrons. The van der Waals surface area contributed by atoms with Crippen molar-refractivity contribution in [1.29, 1.82) is 0 Å². The molecule has 8 heteroatoms. The number of ketones is 1. The Balaban J connectivity index is 1.68. The SMILES string of the molecule is COc1cccc([C@@H]2C(C(=O)c3cccs3)=C(O)C(=O)N2CCN2CCOCC2)c1. The van der Waals surface area contributed by atoms with Gasteiger partial charge in [0.2, 0.25) is 5.78 Å². The van der Waals surface area contributed by atoms with Crippen molar-refractivity contribution in [1.82, 2.24) is 9.80 Å². The molecule has 0 saturated carbocycles. The molecule has 2 aliphatic rings. The van der Waals surface area contributed by atoms with Gasteiger partial charge in [-0.2, -0.15) is 0 Å². The number of nitrogens with zero attached hydrogens (tertiary/aromatic N) is 2. The molecule has 2 aromatic rings. The highest BCUT2D eigenvalue weighted by Crippen LogP contribution is 2.40. The lowest BCUT2D eigenvalue weighted by Gasteiger charge is -2.31. The minimum atomic E-state index is -0.664. The van der Waals surface area contributed by atoms with Crippen LogP contribution in [-0.2, 0) is 9.53 Å². The van der Waals surface area contributed by atoms with Gasteiger partial charge >= 0.3 is 0 Å². The summed E-state index contributed by atoms with van der Waals surface area (Å²) in [5, 5.41) is 12.5. The molecule has 1 atom stereocenters. The number of Topliss-reactive ketones (excluding diaryl/α,β-unsaturated/α-hetero) is 1. The largest absolute Gasteiger partial charge is 0.503 e. The van der Waals surface area contributed by atoms with E-state index >= 15 is 0 Å². The Morgan fingerprint density at radius 3 is 2.73 bits per heavy atom. The quantitative estimate of drug-likeness (QED) is 0.683. The van der Waals surface area contributed by atoms with E-state index in [1.807, 2.05) is 18.2 Å². The number of hydrogen-bond acceptors (Lipinski definition) is 7. The number of carbonyl (C=O) groups is 2. The number of hydrogen-bond donors (Lipinski definition) is 1. The predicted octanol–water partition coefficient (Wildman–Crippen LogP) is 2.67. The van der Waals surface area contributed by atoms with Crippen LogP contribution in [0.2, 0.25) is 0 Å². The lowest BCUT2D eigenvalue weighted by atomic mass is 9.95. The monoisotopic (exact) mass is 428 g/mol. The first-order chi connectivity index (χ1) is 14.6. The molecule has 7 nitrogen and oxygen atoms in total. The molecule has 1 saturated heterocycles. The maximum absolute atomic E-state index is 13.2. The number of thiophene rings is 1. The molecule has 0 aliphatic carbocycles. The van der Waals surface area contributed by atoms with Crippen LogP contribution in [0.15, 0.2) is 53.1 Å². The van der Waals surface area contributed by atoms with Crippen LogP contribution in [0.5, 0.6) is 5.75 Å². The van der Waals surface area contributed by atoms with Gasteiger partial charge in [-0.25, -0.2) is 0 Å². The summed E-state index contributed by atoms with van der Waals surface area (Å²) < 4.78 is 10.7. The van der Waals surface area contributed by atoms with E-state index in [1.54, 1.807) is 35.6 Å². The second kappa shape index (κ2) is 8.99. The number of aliphatic hydroxyl groups excluding tert-OH is 1. The van der Waals surface area contributed by atoms with Crippen molar-refractivity contribution in [3.8, 4) is 5.75 Å². The molecule has 1 N–H and O–H groups in total. The maximum Gasteiger partial charge on any atom is 0.290 e. The van der Waals surface area contributed by atoms with Gasteiger partial charge in [-0.05, 0) is 29.1 Å². The summed E-state index contributed by atoms with van der Waals surface area (Å²) in [4.78, 5) is 30.5. The first-order valence-corrected chi connectivity index (χ1v) is 10.7. The average molecular weight is 429 g/mol. The number of ether oxygens (including phenoxy) is 2. The Labute approximate surface area is 179 Å². The number of amides is 1. The Morgan fingerprint density at radius 1 is 1.23 bits per heavy atom. The van der Waals surface area contributed by atoms with Crippen LogP contribution in [0.1, 0.15) is 21.3 Å². The average Bonchev–Trinajstić information content (AvgIpc) is 3.40. The summed E-state index contributed by atoms with van der Waals surface area (Å²) in [7, 11) is 1.57. The van der Waals surface area contributed by atoms with Gasteiger partial charge < -0.3 is 19.5 Å². The van der Waals surface area contributed by atoms with Gasteiger partial charge in [-0.15, -0.1) is 11.3 Å². The summed E-state index contributed by atoms with van der Waals surface area (Å²) in [6.07, 6.45) is 0. The Morgan fingerprint density at radius 2 is 2.03 bits per heavy atom. The summed E-state index contributed by atoms with van der Waals surface area (Å²) >= 11 is 1.29. The van der Waals surface area contributed by atoms with E-state index in [0.717, 1.165) is 18.7 Å². The van der Waals surface area contributed by atoms with Crippen molar-refractivity contribution in [2.45, 2.75) is 6.04 Å². The van der Waals surface area contributed by atoms with Crippen molar-refractivity contribution in [2.75, 3.05) is 46.5 Å². The van der Waals surface area contributed by atoms with Crippen LogP contribution < -0.4 is 4.74 Å². The summed E-state index contributed by atoms with van der Waals surface area (Å²) in [6, 6.07) is 10.1. The molecular weight excluding hydrogens is 404 g/mol. The van der Waals surface area contributed by atoms with Crippen molar-refractivity contribution < 1.29 is 24.2 Å². The number of methoxy groups -OCH3 is 1. The van der Waals surface area contributed by atoms with E-state index in [4.69, 9.17) is 9.47 Å². The molecule has 1 amide bonds. The minimum absolute atomic E-state index is 0.123. The van der Waals surface area contributed by atoms with Crippen LogP contribution >= 0.6 is 11.3 Å². The first kappa shape index (κ1) is 20.6. The van der Waals surface area contributed by atoms with Gasteiger partial charge in [0.1, 0.15) is 5.75 Å². The second-order valence-electron chi connectivity index (χ2n) is 7.20. The second-order valence-corrected chi connectivity index (χ2v) is 8.15. The van der Waals surface area contributed by atoms with Crippen LogP contribution in [0.4, 0.5) is 0 Å². The molecule has 0 radical (unpaired) electrons. The van der Waals surface area contributed by atoms with E-state index in [2.05, 4.69) is 4.90 Å². The zero-order chi connectivity index (χ0) is 21.1. The molecule has 2 aliphatic heterocycles. The molecule has 0 unspecified atom stereocenters. The zero-order valence-electron chi connectivity index (χ0n) is 16.7. The van der Waals surface area contributed by atoms with Gasteiger partial charge in [0.15, 0.2) is 5.76 Å². The van der Waals surface area contributed by atoms with Crippen LogP contribution in [0, 0.1) is 0 Å². The number of carbonyl (C=O) groups excluding carboxylic acids is 2. The van der Waals surface area contributed by atoms with Crippen molar-refractivity contribution >= 4 is 23.0 Å². The van der Waals surface area contributed by atoms with Gasteiger partial charge in [0, 0.05) is 26.2 Å². The Hall–Kier alpha value is -2.68. The molecular formula is C22H24N2O5S.